The summed E-state index contributed by atoms with van der Waals surface area (Å²) in [5.41, 5.74) is 6.23. The van der Waals surface area contributed by atoms with Gasteiger partial charge < -0.3 is 4.57 Å². The van der Waals surface area contributed by atoms with Crippen LogP contribution in [0.2, 0.25) is 0 Å². The SMILES string of the molecule is Cc1cc(C(=O)NNC(=O)Cn2ccccc2=O)c2ccccc2n1. The third-order valence-corrected chi connectivity index (χ3v) is 3.62. The maximum atomic E-state index is 12.4. The molecule has 2 amide bonds. The van der Waals surface area contributed by atoms with Crippen molar-refractivity contribution in [2.45, 2.75) is 13.5 Å². The van der Waals surface area contributed by atoms with Crippen molar-refractivity contribution in [1.29, 1.82) is 0 Å². The van der Waals surface area contributed by atoms with E-state index in [0.29, 0.717) is 22.2 Å². The van der Waals surface area contributed by atoms with E-state index in [4.69, 9.17) is 0 Å². The Morgan fingerprint density at radius 3 is 2.64 bits per heavy atom. The van der Waals surface area contributed by atoms with E-state index in [1.54, 1.807) is 31.2 Å². The lowest BCUT2D eigenvalue weighted by Gasteiger charge is -2.10. The van der Waals surface area contributed by atoms with E-state index >= 15 is 0 Å². The first-order valence-electron chi connectivity index (χ1n) is 7.65. The number of amides is 2. The van der Waals surface area contributed by atoms with E-state index in [9.17, 15) is 14.4 Å². The van der Waals surface area contributed by atoms with Crippen molar-refractivity contribution in [1.82, 2.24) is 20.4 Å². The molecule has 0 atom stereocenters. The molecule has 0 fully saturated rings. The topological polar surface area (TPSA) is 93.1 Å². The highest BCUT2D eigenvalue weighted by atomic mass is 16.2. The Morgan fingerprint density at radius 1 is 1.08 bits per heavy atom. The molecule has 0 aliphatic carbocycles. The highest BCUT2D eigenvalue weighted by Gasteiger charge is 2.13. The molecule has 3 rings (SSSR count). The van der Waals surface area contributed by atoms with Gasteiger partial charge >= 0.3 is 0 Å². The summed E-state index contributed by atoms with van der Waals surface area (Å²) < 4.78 is 1.24. The third-order valence-electron chi connectivity index (χ3n) is 3.62. The number of fused-ring (bicyclic) bond motifs is 1. The number of carbonyl (C=O) groups is 2. The average Bonchev–Trinajstić information content (AvgIpc) is 2.61. The van der Waals surface area contributed by atoms with E-state index in [2.05, 4.69) is 15.8 Å². The van der Waals surface area contributed by atoms with E-state index in [-0.39, 0.29) is 12.1 Å². The lowest BCUT2D eigenvalue weighted by atomic mass is 10.1. The molecule has 2 aromatic heterocycles. The van der Waals surface area contributed by atoms with Gasteiger partial charge in [0.05, 0.1) is 11.1 Å². The minimum Gasteiger partial charge on any atom is -0.306 e. The Kier molecular flexibility index (Phi) is 4.56. The molecule has 0 saturated heterocycles. The Balaban J connectivity index is 1.72. The number of carbonyl (C=O) groups excluding carboxylic acids is 2. The van der Waals surface area contributed by atoms with Crippen LogP contribution in [0.5, 0.6) is 0 Å². The van der Waals surface area contributed by atoms with Gasteiger partial charge in [0.1, 0.15) is 6.54 Å². The Morgan fingerprint density at radius 2 is 1.84 bits per heavy atom. The number of rotatable bonds is 3. The summed E-state index contributed by atoms with van der Waals surface area (Å²) in [6.07, 6.45) is 1.50. The minimum absolute atomic E-state index is 0.184. The lowest BCUT2D eigenvalue weighted by molar-refractivity contribution is -0.122. The molecule has 0 aliphatic rings. The lowest BCUT2D eigenvalue weighted by Crippen LogP contribution is -2.44. The molecule has 2 heterocycles. The van der Waals surface area contributed by atoms with Gasteiger partial charge in [0.25, 0.3) is 17.4 Å². The third kappa shape index (κ3) is 3.72. The summed E-state index contributed by atoms with van der Waals surface area (Å²) in [4.78, 5) is 40.3. The van der Waals surface area contributed by atoms with Crippen LogP contribution in [0.1, 0.15) is 16.1 Å². The fourth-order valence-electron chi connectivity index (χ4n) is 2.47. The molecule has 0 unspecified atom stereocenters. The molecule has 7 nitrogen and oxygen atoms in total. The summed E-state index contributed by atoms with van der Waals surface area (Å²) in [5.74, 6) is -0.952. The van der Waals surface area contributed by atoms with Crippen LogP contribution >= 0.6 is 0 Å². The summed E-state index contributed by atoms with van der Waals surface area (Å²) in [6.45, 7) is 1.61. The molecule has 0 saturated carbocycles. The molecule has 0 aliphatic heterocycles. The number of aromatic nitrogens is 2. The zero-order chi connectivity index (χ0) is 17.8. The number of nitrogens with zero attached hydrogens (tertiary/aromatic N) is 2. The van der Waals surface area contributed by atoms with Crippen LogP contribution in [-0.4, -0.2) is 21.4 Å². The van der Waals surface area contributed by atoms with E-state index in [1.165, 1.54) is 16.8 Å². The summed E-state index contributed by atoms with van der Waals surface area (Å²) in [5, 5.41) is 0.694. The van der Waals surface area contributed by atoms with Crippen LogP contribution in [0.15, 0.2) is 59.5 Å². The van der Waals surface area contributed by atoms with Gasteiger partial charge in [-0.2, -0.15) is 0 Å². The number of hydrazine groups is 1. The van der Waals surface area contributed by atoms with Crippen LogP contribution in [0.25, 0.3) is 10.9 Å². The molecule has 126 valence electrons. The van der Waals surface area contributed by atoms with Crippen molar-refractivity contribution in [3.8, 4) is 0 Å². The second kappa shape index (κ2) is 6.96. The van der Waals surface area contributed by atoms with E-state index < -0.39 is 11.8 Å². The molecular formula is C18H16N4O3. The minimum atomic E-state index is -0.503. The first-order valence-corrected chi connectivity index (χ1v) is 7.65. The van der Waals surface area contributed by atoms with Gasteiger partial charge in [-0.25, -0.2) is 0 Å². The predicted molar refractivity (Wildman–Crippen MR) is 92.8 cm³/mol. The number of hydrogen-bond acceptors (Lipinski definition) is 4. The first-order chi connectivity index (χ1) is 12.0. The highest BCUT2D eigenvalue weighted by Crippen LogP contribution is 2.17. The average molecular weight is 336 g/mol. The number of benzene rings is 1. The Bertz CT molecular complexity index is 1010. The van der Waals surface area contributed by atoms with Crippen LogP contribution in [-0.2, 0) is 11.3 Å². The largest absolute Gasteiger partial charge is 0.306 e. The first kappa shape index (κ1) is 16.4. The van der Waals surface area contributed by atoms with Crippen molar-refractivity contribution in [3.63, 3.8) is 0 Å². The van der Waals surface area contributed by atoms with Gasteiger partial charge in [0, 0.05) is 23.3 Å². The van der Waals surface area contributed by atoms with Gasteiger partial charge in [0.2, 0.25) is 0 Å². The van der Waals surface area contributed by atoms with E-state index in [0.717, 1.165) is 0 Å². The molecule has 0 spiro atoms. The zero-order valence-electron chi connectivity index (χ0n) is 13.5. The van der Waals surface area contributed by atoms with Crippen molar-refractivity contribution in [3.05, 3.63) is 76.3 Å². The maximum Gasteiger partial charge on any atom is 0.270 e. The van der Waals surface area contributed by atoms with E-state index in [1.807, 2.05) is 18.2 Å². The van der Waals surface area contributed by atoms with Gasteiger partial charge in [-0.3, -0.25) is 30.2 Å². The quantitative estimate of drug-likeness (QED) is 0.702. The normalized spacial score (nSPS) is 10.4. The summed E-state index contributed by atoms with van der Waals surface area (Å²) in [6, 6.07) is 13.5. The van der Waals surface area contributed by atoms with Crippen molar-refractivity contribution >= 4 is 22.7 Å². The van der Waals surface area contributed by atoms with Gasteiger partial charge in [-0.15, -0.1) is 0 Å². The van der Waals surface area contributed by atoms with Crippen molar-refractivity contribution in [2.75, 3.05) is 0 Å². The molecule has 0 radical (unpaired) electrons. The fourth-order valence-corrected chi connectivity index (χ4v) is 2.47. The van der Waals surface area contributed by atoms with Crippen LogP contribution in [0.4, 0.5) is 0 Å². The monoisotopic (exact) mass is 336 g/mol. The molecule has 3 aromatic rings. The maximum absolute atomic E-state index is 12.4. The summed E-state index contributed by atoms with van der Waals surface area (Å²) >= 11 is 0. The fraction of sp³-hybridized carbons (Fsp3) is 0.111. The number of nitrogens with one attached hydrogen (secondary N) is 2. The van der Waals surface area contributed by atoms with Crippen LogP contribution in [0, 0.1) is 6.92 Å². The van der Waals surface area contributed by atoms with Crippen LogP contribution in [0.3, 0.4) is 0 Å². The Hall–Kier alpha value is -3.48. The molecule has 25 heavy (non-hydrogen) atoms. The Labute approximate surface area is 143 Å². The molecular weight excluding hydrogens is 320 g/mol. The standard InChI is InChI=1S/C18H16N4O3/c1-12-10-14(13-6-2-3-7-15(13)19-12)18(25)21-20-16(23)11-22-9-5-4-8-17(22)24/h2-10H,11H2,1H3,(H,20,23)(H,21,25). The number of para-hydroxylation sites is 1. The van der Waals surface area contributed by atoms with Crippen LogP contribution < -0.4 is 16.4 Å². The van der Waals surface area contributed by atoms with Crippen molar-refractivity contribution < 1.29 is 9.59 Å². The predicted octanol–water partition coefficient (Wildman–Crippen LogP) is 1.17. The van der Waals surface area contributed by atoms with Gasteiger partial charge in [0.15, 0.2) is 0 Å². The number of aryl methyl sites for hydroxylation is 1. The number of pyridine rings is 2. The smallest absolute Gasteiger partial charge is 0.270 e. The molecule has 0 bridgehead atoms. The summed E-state index contributed by atoms with van der Waals surface area (Å²) in [7, 11) is 0. The second-order valence-electron chi connectivity index (χ2n) is 5.50. The zero-order valence-corrected chi connectivity index (χ0v) is 13.5. The second-order valence-corrected chi connectivity index (χ2v) is 5.50. The number of hydrogen-bond donors (Lipinski definition) is 2. The van der Waals surface area contributed by atoms with Gasteiger partial charge in [-0.1, -0.05) is 24.3 Å². The molecule has 2 N–H and O–H groups in total. The van der Waals surface area contributed by atoms with Crippen molar-refractivity contribution in [2.24, 2.45) is 0 Å². The molecule has 7 heteroatoms. The molecule has 1 aromatic carbocycles. The highest BCUT2D eigenvalue weighted by molar-refractivity contribution is 6.06. The van der Waals surface area contributed by atoms with Gasteiger partial charge in [-0.05, 0) is 25.1 Å².